The van der Waals surface area contributed by atoms with E-state index in [0.717, 1.165) is 21.5 Å². The first-order chi connectivity index (χ1) is 23.6. The number of hydrogen-bond acceptors (Lipinski definition) is 10. The summed E-state index contributed by atoms with van der Waals surface area (Å²) in [5.41, 5.74) is 19.5. The highest BCUT2D eigenvalue weighted by molar-refractivity contribution is 5.99. The van der Waals surface area contributed by atoms with Crippen molar-refractivity contribution in [2.75, 3.05) is 13.1 Å². The Labute approximate surface area is 282 Å². The van der Waals surface area contributed by atoms with Crippen LogP contribution in [0.4, 0.5) is 9.59 Å². The lowest BCUT2D eigenvalue weighted by Gasteiger charge is -2.17. The summed E-state index contributed by atoms with van der Waals surface area (Å²) in [4.78, 5) is 84.8. The van der Waals surface area contributed by atoms with Gasteiger partial charge in [0.1, 0.15) is 23.1 Å². The molecule has 2 fully saturated rings. The average Bonchev–Trinajstić information content (AvgIpc) is 3.96. The number of carboxylic acid groups (broad SMARTS) is 2. The maximum Gasteiger partial charge on any atom is 0.356 e. The van der Waals surface area contributed by atoms with Gasteiger partial charge in [-0.15, -0.1) is 0 Å². The highest BCUT2D eigenvalue weighted by Crippen LogP contribution is 2.45. The van der Waals surface area contributed by atoms with Crippen molar-refractivity contribution in [3.63, 3.8) is 0 Å². The predicted octanol–water partition coefficient (Wildman–Crippen LogP) is -0.245. The number of nitrogens with one attached hydrogen (secondary N) is 4. The van der Waals surface area contributed by atoms with E-state index >= 15 is 0 Å². The minimum absolute atomic E-state index is 0.0764. The third kappa shape index (κ3) is 7.12. The second kappa shape index (κ2) is 13.5. The van der Waals surface area contributed by atoms with Crippen LogP contribution in [0.1, 0.15) is 69.9 Å². The lowest BCUT2D eigenvalue weighted by molar-refractivity contribution is -0.123. The molecule has 0 saturated heterocycles. The van der Waals surface area contributed by atoms with Gasteiger partial charge < -0.3 is 43.8 Å². The number of carbonyl (C=O) groups excluding carboxylic acids is 4. The number of carboxylic acids is 2. The third-order valence-electron chi connectivity index (χ3n) is 8.32. The number of nitrogens with two attached hydrogens (primary N) is 4. The first kappa shape index (κ1) is 34.7. The molecule has 2 saturated carbocycles. The molecule has 20 heteroatoms. The summed E-state index contributed by atoms with van der Waals surface area (Å²) in [5, 5.41) is 40.3. The van der Waals surface area contributed by atoms with Crippen molar-refractivity contribution >= 4 is 47.5 Å². The Morgan fingerprint density at radius 1 is 0.700 bits per heavy atom. The van der Waals surface area contributed by atoms with Crippen LogP contribution in [0.25, 0.3) is 22.5 Å². The van der Waals surface area contributed by atoms with Crippen molar-refractivity contribution in [1.29, 1.82) is 10.8 Å². The van der Waals surface area contributed by atoms with Crippen LogP contribution in [-0.2, 0) is 9.59 Å². The molecule has 3 heterocycles. The fourth-order valence-corrected chi connectivity index (χ4v) is 5.84. The number of aromatic carboxylic acids is 2. The van der Waals surface area contributed by atoms with Crippen LogP contribution in [0, 0.1) is 22.7 Å². The second-order valence-electron chi connectivity index (χ2n) is 12.1. The van der Waals surface area contributed by atoms with Gasteiger partial charge in [0.15, 0.2) is 11.4 Å². The number of rotatable bonds is 14. The van der Waals surface area contributed by atoms with Crippen molar-refractivity contribution in [2.45, 2.75) is 37.5 Å². The SMILES string of the molecule is N=C(N)CNC(=O)C(c1cc(-c2nc(C(=O)O)c(-c3cc(C(C(=O)NCC(=N)N)C4CC4)n(C(N)=O)c3)nc2C(=O)O)cn1C(N)=O)C1CC1. The van der Waals surface area contributed by atoms with Crippen LogP contribution in [0.15, 0.2) is 24.5 Å². The number of amidine groups is 2. The molecule has 2 atom stereocenters. The summed E-state index contributed by atoms with van der Waals surface area (Å²) < 4.78 is 1.86. The van der Waals surface area contributed by atoms with E-state index in [1.165, 1.54) is 12.1 Å². The number of primary amides is 2. The topological polar surface area (TPSA) is 354 Å². The van der Waals surface area contributed by atoms with E-state index in [-0.39, 0.29) is 59.1 Å². The van der Waals surface area contributed by atoms with Gasteiger partial charge in [-0.3, -0.25) is 29.5 Å². The number of aromatic nitrogens is 4. The summed E-state index contributed by atoms with van der Waals surface area (Å²) >= 11 is 0. The van der Waals surface area contributed by atoms with E-state index in [0.29, 0.717) is 25.7 Å². The molecule has 5 rings (SSSR count). The van der Waals surface area contributed by atoms with Gasteiger partial charge >= 0.3 is 24.0 Å². The van der Waals surface area contributed by atoms with Gasteiger partial charge in [-0.05, 0) is 49.7 Å². The Morgan fingerprint density at radius 2 is 1.04 bits per heavy atom. The van der Waals surface area contributed by atoms with E-state index in [9.17, 15) is 39.0 Å². The Morgan fingerprint density at radius 3 is 1.30 bits per heavy atom. The van der Waals surface area contributed by atoms with Gasteiger partial charge in [-0.1, -0.05) is 0 Å². The largest absolute Gasteiger partial charge is 0.476 e. The fraction of sp³-hybridized carbons (Fsp3) is 0.333. The first-order valence-electron chi connectivity index (χ1n) is 15.2. The van der Waals surface area contributed by atoms with Crippen molar-refractivity contribution in [1.82, 2.24) is 29.7 Å². The average molecular weight is 691 g/mol. The van der Waals surface area contributed by atoms with Gasteiger partial charge in [0.25, 0.3) is 0 Å². The molecule has 3 aromatic rings. The van der Waals surface area contributed by atoms with Gasteiger partial charge in [0.05, 0.1) is 24.9 Å². The molecule has 2 aliphatic rings. The van der Waals surface area contributed by atoms with Crippen LogP contribution < -0.4 is 33.6 Å². The van der Waals surface area contributed by atoms with Gasteiger partial charge in [-0.25, -0.2) is 29.1 Å². The van der Waals surface area contributed by atoms with E-state index in [4.69, 9.17) is 33.8 Å². The lowest BCUT2D eigenvalue weighted by Crippen LogP contribution is -2.38. The number of nitrogens with zero attached hydrogens (tertiary/aromatic N) is 4. The number of carbonyl (C=O) groups is 6. The summed E-state index contributed by atoms with van der Waals surface area (Å²) in [6, 6.07) is 0.553. The van der Waals surface area contributed by atoms with Gasteiger partial charge in [0, 0.05) is 34.9 Å². The molecule has 0 spiro atoms. The second-order valence-corrected chi connectivity index (χ2v) is 12.1. The van der Waals surface area contributed by atoms with Crippen LogP contribution in [0.2, 0.25) is 0 Å². The van der Waals surface area contributed by atoms with Crippen LogP contribution in [-0.4, -0.2) is 89.9 Å². The zero-order valence-corrected chi connectivity index (χ0v) is 26.3. The molecule has 2 unspecified atom stereocenters. The van der Waals surface area contributed by atoms with Crippen molar-refractivity contribution in [3.8, 4) is 22.5 Å². The third-order valence-corrected chi connectivity index (χ3v) is 8.32. The Hall–Kier alpha value is -6.60. The maximum atomic E-state index is 13.1. The van der Waals surface area contributed by atoms with Crippen molar-refractivity contribution < 1.29 is 39.0 Å². The molecule has 0 aromatic carbocycles. The van der Waals surface area contributed by atoms with E-state index in [1.807, 2.05) is 0 Å². The highest BCUT2D eigenvalue weighted by atomic mass is 16.4. The number of amides is 4. The quantitative estimate of drug-likeness (QED) is 0.0773. The molecule has 0 aliphatic heterocycles. The molecular formula is C30H34N12O8. The van der Waals surface area contributed by atoms with Gasteiger partial charge in [0.2, 0.25) is 11.8 Å². The molecule has 3 aromatic heterocycles. The zero-order chi connectivity index (χ0) is 36.6. The molecule has 50 heavy (non-hydrogen) atoms. The Bertz CT molecular complexity index is 1830. The predicted molar refractivity (Wildman–Crippen MR) is 174 cm³/mol. The summed E-state index contributed by atoms with van der Waals surface area (Å²) in [5.74, 6) is -7.32. The first-order valence-corrected chi connectivity index (χ1v) is 15.2. The monoisotopic (exact) mass is 690 g/mol. The number of hydrogen-bond donors (Lipinski definition) is 10. The molecule has 2 aliphatic carbocycles. The normalized spacial score (nSPS) is 15.0. The molecule has 20 nitrogen and oxygen atoms in total. The lowest BCUT2D eigenvalue weighted by atomic mass is 9.97. The van der Waals surface area contributed by atoms with Crippen molar-refractivity contribution in [3.05, 3.63) is 47.3 Å². The molecule has 14 N–H and O–H groups in total. The molecule has 0 radical (unpaired) electrons. The Kier molecular flexibility index (Phi) is 9.37. The van der Waals surface area contributed by atoms with Crippen LogP contribution >= 0.6 is 0 Å². The van der Waals surface area contributed by atoms with Gasteiger partial charge in [-0.2, -0.15) is 0 Å². The smallest absolute Gasteiger partial charge is 0.356 e. The fourth-order valence-electron chi connectivity index (χ4n) is 5.84. The van der Waals surface area contributed by atoms with Crippen LogP contribution in [0.3, 0.4) is 0 Å². The summed E-state index contributed by atoms with van der Waals surface area (Å²) in [6.07, 6.45) is 4.75. The molecule has 262 valence electrons. The standard InChI is InChI=1S/C30H34N12O8/c31-17(32)7-37-25(43)19(11-1-2-11)15-5-13(9-41(15)29(35)49)21-23(27(45)46)40-22(24(39-21)28(47)48)14-6-16(42(10-14)30(36)50)20(12-3-4-12)26(44)38-8-18(33)34/h5-6,9-12,19-20H,1-4,7-8H2,(H3,31,32)(H3,33,34)(H2,35,49)(H2,36,50)(H,37,43)(H,38,44)(H,45,46)(H,47,48). The minimum atomic E-state index is -1.63. The maximum absolute atomic E-state index is 13.1. The summed E-state index contributed by atoms with van der Waals surface area (Å²) in [7, 11) is 0. The molecule has 0 bridgehead atoms. The zero-order valence-electron chi connectivity index (χ0n) is 26.3. The van der Waals surface area contributed by atoms with E-state index < -0.39 is 70.4 Å². The van der Waals surface area contributed by atoms with E-state index in [1.54, 1.807) is 0 Å². The Balaban J connectivity index is 1.64. The minimum Gasteiger partial charge on any atom is -0.476 e. The summed E-state index contributed by atoms with van der Waals surface area (Å²) in [6.45, 7) is -0.512. The van der Waals surface area contributed by atoms with E-state index in [2.05, 4.69) is 20.6 Å². The van der Waals surface area contributed by atoms with Crippen molar-refractivity contribution in [2.24, 2.45) is 34.8 Å². The molecular weight excluding hydrogens is 656 g/mol. The van der Waals surface area contributed by atoms with Crippen LogP contribution in [0.5, 0.6) is 0 Å². The molecule has 4 amide bonds. The highest BCUT2D eigenvalue weighted by Gasteiger charge is 2.42.